The van der Waals surface area contributed by atoms with E-state index in [1.807, 2.05) is 0 Å². The van der Waals surface area contributed by atoms with Gasteiger partial charge in [-0.2, -0.15) is 0 Å². The highest BCUT2D eigenvalue weighted by Gasteiger charge is 2.21. The monoisotopic (exact) mass is 402 g/mol. The minimum atomic E-state index is 0.565. The summed E-state index contributed by atoms with van der Waals surface area (Å²) in [4.78, 5) is 0. The van der Waals surface area contributed by atoms with Crippen molar-refractivity contribution >= 4 is 17.2 Å². The summed E-state index contributed by atoms with van der Waals surface area (Å²) in [6.45, 7) is 4.61. The quantitative estimate of drug-likeness (QED) is 0.390. The van der Waals surface area contributed by atoms with Crippen molar-refractivity contribution in [3.8, 4) is 0 Å². The lowest BCUT2D eigenvalue weighted by atomic mass is 9.89. The highest BCUT2D eigenvalue weighted by atomic mass is 14.3. The maximum Gasteiger partial charge on any atom is 0.00502 e. The van der Waals surface area contributed by atoms with E-state index in [-0.39, 0.29) is 0 Å². The largest absolute Gasteiger partial charge is 0.0761 e. The smallest absolute Gasteiger partial charge is 0.00502 e. The minimum absolute atomic E-state index is 0.565. The second-order valence-electron chi connectivity index (χ2n) is 9.19. The molecule has 5 rings (SSSR count). The molecular formula is C31H30. The van der Waals surface area contributed by atoms with Crippen LogP contribution >= 0.6 is 0 Å². The first-order chi connectivity index (χ1) is 15.2. The van der Waals surface area contributed by atoms with Gasteiger partial charge in [-0.05, 0) is 75.8 Å². The van der Waals surface area contributed by atoms with Crippen LogP contribution in [0.1, 0.15) is 59.6 Å². The maximum absolute atomic E-state index is 2.38. The predicted octanol–water partition coefficient (Wildman–Crippen LogP) is 8.11. The van der Waals surface area contributed by atoms with Crippen LogP contribution < -0.4 is 0 Å². The second kappa shape index (κ2) is 8.55. The third kappa shape index (κ3) is 4.21. The molecule has 1 atom stereocenters. The normalized spacial score (nSPS) is 17.1. The number of hydrogen-bond acceptors (Lipinski definition) is 0. The van der Waals surface area contributed by atoms with Crippen LogP contribution in [-0.4, -0.2) is 0 Å². The molecule has 154 valence electrons. The lowest BCUT2D eigenvalue weighted by Crippen LogP contribution is -2.01. The van der Waals surface area contributed by atoms with Gasteiger partial charge in [0.25, 0.3) is 0 Å². The zero-order chi connectivity index (χ0) is 21.2. The van der Waals surface area contributed by atoms with Crippen LogP contribution in [0.3, 0.4) is 0 Å². The first-order valence-corrected chi connectivity index (χ1v) is 11.5. The molecule has 2 aliphatic rings. The molecule has 0 aliphatic heterocycles. The molecule has 0 saturated carbocycles. The van der Waals surface area contributed by atoms with Crippen molar-refractivity contribution in [1.82, 2.24) is 0 Å². The molecule has 1 unspecified atom stereocenters. The summed E-state index contributed by atoms with van der Waals surface area (Å²) < 4.78 is 0. The molecule has 0 heterocycles. The zero-order valence-corrected chi connectivity index (χ0v) is 18.5. The minimum Gasteiger partial charge on any atom is -0.0761 e. The average molecular weight is 403 g/mol. The molecule has 0 spiro atoms. The number of rotatable bonds is 6. The van der Waals surface area contributed by atoms with Crippen LogP contribution in [0.15, 0.2) is 91.0 Å². The Morgan fingerprint density at radius 2 is 1.52 bits per heavy atom. The maximum atomic E-state index is 2.38. The highest BCUT2D eigenvalue weighted by Crippen LogP contribution is 2.39. The molecule has 0 radical (unpaired) electrons. The zero-order valence-electron chi connectivity index (χ0n) is 18.5. The lowest BCUT2D eigenvalue weighted by Gasteiger charge is -2.15. The molecule has 0 nitrogen and oxygen atoms in total. The molecule has 3 aromatic carbocycles. The van der Waals surface area contributed by atoms with Gasteiger partial charge in [0.2, 0.25) is 0 Å². The van der Waals surface area contributed by atoms with Crippen LogP contribution in [0, 0.1) is 5.92 Å². The van der Waals surface area contributed by atoms with E-state index in [1.54, 1.807) is 0 Å². The number of benzene rings is 3. The van der Waals surface area contributed by atoms with E-state index >= 15 is 0 Å². The molecule has 0 fully saturated rings. The molecule has 31 heavy (non-hydrogen) atoms. The fourth-order valence-corrected chi connectivity index (χ4v) is 4.84. The third-order valence-corrected chi connectivity index (χ3v) is 6.72. The Morgan fingerprint density at radius 1 is 0.806 bits per heavy atom. The average Bonchev–Trinajstić information content (AvgIpc) is 3.46. The van der Waals surface area contributed by atoms with Crippen LogP contribution in [0.5, 0.6) is 0 Å². The molecule has 2 aliphatic carbocycles. The van der Waals surface area contributed by atoms with Crippen molar-refractivity contribution in [2.75, 3.05) is 0 Å². The first kappa shape index (κ1) is 19.8. The van der Waals surface area contributed by atoms with Gasteiger partial charge < -0.3 is 0 Å². The van der Waals surface area contributed by atoms with Gasteiger partial charge in [-0.1, -0.05) is 105 Å². The van der Waals surface area contributed by atoms with E-state index in [0.29, 0.717) is 11.8 Å². The molecule has 3 aromatic rings. The van der Waals surface area contributed by atoms with Gasteiger partial charge in [-0.25, -0.2) is 0 Å². The molecular weight excluding hydrogens is 372 g/mol. The number of hydrogen-bond donors (Lipinski definition) is 0. The summed E-state index contributed by atoms with van der Waals surface area (Å²) in [6, 6.07) is 26.9. The highest BCUT2D eigenvalue weighted by molar-refractivity contribution is 5.90. The molecule has 0 N–H and O–H groups in total. The van der Waals surface area contributed by atoms with E-state index in [2.05, 4.69) is 111 Å². The third-order valence-electron chi connectivity index (χ3n) is 6.72. The summed E-state index contributed by atoms with van der Waals surface area (Å²) in [5, 5.41) is 0. The van der Waals surface area contributed by atoms with Crippen molar-refractivity contribution in [2.24, 2.45) is 5.92 Å². The Kier molecular flexibility index (Phi) is 5.47. The predicted molar refractivity (Wildman–Crippen MR) is 134 cm³/mol. The van der Waals surface area contributed by atoms with Crippen molar-refractivity contribution in [3.05, 3.63) is 124 Å². The van der Waals surface area contributed by atoms with Gasteiger partial charge in [0.15, 0.2) is 0 Å². The summed E-state index contributed by atoms with van der Waals surface area (Å²) in [5.74, 6) is 1.22. The Balaban J connectivity index is 1.27. The van der Waals surface area contributed by atoms with E-state index in [4.69, 9.17) is 0 Å². The summed E-state index contributed by atoms with van der Waals surface area (Å²) in [7, 11) is 0. The van der Waals surface area contributed by atoms with Crippen LogP contribution in [0.4, 0.5) is 0 Å². The van der Waals surface area contributed by atoms with Gasteiger partial charge in [0, 0.05) is 5.92 Å². The van der Waals surface area contributed by atoms with Gasteiger partial charge in [-0.15, -0.1) is 0 Å². The molecule has 0 saturated heterocycles. The van der Waals surface area contributed by atoms with Crippen molar-refractivity contribution < 1.29 is 0 Å². The van der Waals surface area contributed by atoms with Crippen molar-refractivity contribution in [1.29, 1.82) is 0 Å². The Morgan fingerprint density at radius 3 is 2.26 bits per heavy atom. The standard InChI is InChI=1S/C31H30/c1-22(2)30-18-17-29-21-28(16-19-31(29)30)27-15-14-26(20-27)25-12-10-24(11-13-25)9-8-23-6-4-3-5-7-23/h3-7,10-14,16-22,30H,8-9,15H2,1-2H3. The van der Waals surface area contributed by atoms with Crippen LogP contribution in [-0.2, 0) is 12.8 Å². The van der Waals surface area contributed by atoms with Crippen molar-refractivity contribution in [2.45, 2.75) is 39.0 Å². The van der Waals surface area contributed by atoms with Gasteiger partial charge in [-0.3, -0.25) is 0 Å². The van der Waals surface area contributed by atoms with Gasteiger partial charge in [0.1, 0.15) is 0 Å². The Labute approximate surface area is 186 Å². The fraction of sp³-hybridized carbons (Fsp3) is 0.226. The topological polar surface area (TPSA) is 0 Å². The molecule has 0 aromatic heterocycles. The molecule has 0 bridgehead atoms. The van der Waals surface area contributed by atoms with E-state index in [9.17, 15) is 0 Å². The van der Waals surface area contributed by atoms with Crippen LogP contribution in [0.2, 0.25) is 0 Å². The summed E-state index contributed by atoms with van der Waals surface area (Å²) in [5.41, 5.74) is 11.1. The Hall–Kier alpha value is -3.12. The van der Waals surface area contributed by atoms with E-state index < -0.39 is 0 Å². The van der Waals surface area contributed by atoms with E-state index in [1.165, 1.54) is 44.5 Å². The summed E-state index contributed by atoms with van der Waals surface area (Å²) in [6.07, 6.45) is 12.6. The van der Waals surface area contributed by atoms with Gasteiger partial charge in [0.05, 0.1) is 0 Å². The lowest BCUT2D eigenvalue weighted by molar-refractivity contribution is 0.584. The first-order valence-electron chi connectivity index (χ1n) is 11.5. The SMILES string of the molecule is CC(C)C1C=Cc2cc(C3=CC(c4ccc(CCc5ccccc5)cc4)=CC3)ccc21. The number of fused-ring (bicyclic) bond motifs is 1. The summed E-state index contributed by atoms with van der Waals surface area (Å²) >= 11 is 0. The molecule has 0 amide bonds. The fourth-order valence-electron chi connectivity index (χ4n) is 4.84. The molecule has 0 heteroatoms. The van der Waals surface area contributed by atoms with E-state index in [0.717, 1.165) is 19.3 Å². The number of allylic oxidation sites excluding steroid dienone is 5. The second-order valence-corrected chi connectivity index (χ2v) is 9.19. The van der Waals surface area contributed by atoms with Crippen molar-refractivity contribution in [3.63, 3.8) is 0 Å². The van der Waals surface area contributed by atoms with Gasteiger partial charge >= 0.3 is 0 Å². The Bertz CT molecular complexity index is 1150. The van der Waals surface area contributed by atoms with Crippen LogP contribution in [0.25, 0.3) is 17.2 Å². The number of aryl methyl sites for hydroxylation is 2.